The smallest absolute Gasteiger partial charge is 0.0581 e. The summed E-state index contributed by atoms with van der Waals surface area (Å²) in [5, 5.41) is 2.35. The maximum atomic E-state index is 6.94. The van der Waals surface area contributed by atoms with E-state index in [-0.39, 0.29) is 0 Å². The molecular weight excluding hydrogens is 1080 g/mol. The molecule has 0 atom stereocenters. The van der Waals surface area contributed by atoms with Gasteiger partial charge in [-0.05, 0) is 42.4 Å². The van der Waals surface area contributed by atoms with Gasteiger partial charge in [-0.15, -0.1) is 0 Å². The average molecular weight is 1140 g/mol. The summed E-state index contributed by atoms with van der Waals surface area (Å²) in [5.41, 5.74) is 22.0. The van der Waals surface area contributed by atoms with Crippen molar-refractivity contribution in [3.63, 3.8) is 0 Å². The molecule has 6 heteroatoms. The predicted octanol–water partition coefficient (Wildman–Crippen LogP) is 17.9. The van der Waals surface area contributed by atoms with E-state index in [1.807, 2.05) is 0 Å². The van der Waals surface area contributed by atoms with Gasteiger partial charge in [0, 0.05) is 11.8 Å². The second-order valence-corrected chi connectivity index (χ2v) is 22.0. The summed E-state index contributed by atoms with van der Waals surface area (Å²) in [6.07, 6.45) is 16.0. The van der Waals surface area contributed by atoms with Crippen LogP contribution in [0.25, 0.3) is 83.4 Å². The van der Waals surface area contributed by atoms with E-state index in [9.17, 15) is 0 Å². The Hall–Kier alpha value is -7.33. The first-order valence-electron chi connectivity index (χ1n) is 27.0. The molecule has 0 N–H and O–H groups in total. The van der Waals surface area contributed by atoms with Crippen LogP contribution in [0, 0.1) is 10.7 Å². The number of rotatable bonds is 9. The van der Waals surface area contributed by atoms with Crippen molar-refractivity contribution >= 4 is 32.8 Å². The van der Waals surface area contributed by atoms with Crippen LogP contribution >= 0.6 is 0 Å². The third kappa shape index (κ3) is 7.69. The van der Waals surface area contributed by atoms with E-state index in [0.29, 0.717) is 11.8 Å². The number of nitrogens with zero attached hydrogens (tertiary/aromatic N) is 4. The summed E-state index contributed by atoms with van der Waals surface area (Å²) in [6.45, 7) is 2.21. The molecule has 0 bridgehead atoms. The molecule has 14 rings (SSSR count). The Labute approximate surface area is 444 Å². The summed E-state index contributed by atoms with van der Waals surface area (Å²) in [6, 6.07) is 66.7. The van der Waals surface area contributed by atoms with Crippen molar-refractivity contribution in [2.24, 2.45) is 0 Å². The first-order chi connectivity index (χ1) is 36.6. The third-order valence-corrected chi connectivity index (χ3v) is 17.7. The van der Waals surface area contributed by atoms with Crippen molar-refractivity contribution in [1.82, 2.24) is 18.7 Å². The summed E-state index contributed by atoms with van der Waals surface area (Å²) in [4.78, 5) is 5.19. The molecule has 0 aliphatic heterocycles. The van der Waals surface area contributed by atoms with E-state index in [1.54, 1.807) is 16.7 Å². The number of benzene rings is 8. The van der Waals surface area contributed by atoms with Gasteiger partial charge in [-0.25, -0.2) is 0 Å². The minimum absolute atomic E-state index is 0.616. The fraction of sp³-hybridized carbons (Fsp3) is 0.206. The maximum absolute atomic E-state index is 6.94. The summed E-state index contributed by atoms with van der Waals surface area (Å²) in [7, 11) is 0. The fourth-order valence-electron chi connectivity index (χ4n) is 13.4. The van der Waals surface area contributed by atoms with Crippen LogP contribution in [0.4, 0.5) is 0 Å². The average Bonchev–Trinajstić information content (AvgIpc) is 3.98. The van der Waals surface area contributed by atoms with E-state index in [2.05, 4.69) is 228 Å². The molecule has 3 aromatic heterocycles. The molecular formula is C68H58N4OPt. The molecule has 366 valence electrons. The van der Waals surface area contributed by atoms with Gasteiger partial charge in [-0.2, -0.15) is 0 Å². The van der Waals surface area contributed by atoms with E-state index >= 15 is 0 Å². The Morgan fingerprint density at radius 1 is 0.486 bits per heavy atom. The van der Waals surface area contributed by atoms with E-state index in [0.717, 1.165) is 61.6 Å². The van der Waals surface area contributed by atoms with E-state index in [4.69, 9.17) is 9.72 Å². The van der Waals surface area contributed by atoms with Crippen molar-refractivity contribution in [2.45, 2.75) is 89.4 Å². The zero-order chi connectivity index (χ0) is 49.3. The van der Waals surface area contributed by atoms with Crippen LogP contribution in [0.15, 0.2) is 188 Å². The van der Waals surface area contributed by atoms with Crippen molar-refractivity contribution in [3.8, 4) is 62.1 Å². The second-order valence-electron chi connectivity index (χ2n) is 21.0. The topological polar surface area (TPSA) is 36.9 Å². The number of aryl methyl sites for hydroxylation is 1. The van der Waals surface area contributed by atoms with Gasteiger partial charge in [0.05, 0.1) is 0 Å². The minimum Gasteiger partial charge on any atom is -0.0581 e. The van der Waals surface area contributed by atoms with Crippen LogP contribution in [-0.2, 0) is 32.2 Å². The summed E-state index contributed by atoms with van der Waals surface area (Å²) < 4.78 is 15.4. The van der Waals surface area contributed by atoms with Gasteiger partial charge in [-0.3, -0.25) is 0 Å². The number of hydrogen-bond donors (Lipinski definition) is 0. The Kier molecular flexibility index (Phi) is 11.5. The quantitative estimate of drug-likeness (QED) is 0.144. The van der Waals surface area contributed by atoms with Gasteiger partial charge in [0.15, 0.2) is 0 Å². The van der Waals surface area contributed by atoms with Crippen molar-refractivity contribution in [3.05, 3.63) is 220 Å². The molecule has 0 spiro atoms. The van der Waals surface area contributed by atoms with Gasteiger partial charge in [0.2, 0.25) is 0 Å². The van der Waals surface area contributed by atoms with Crippen molar-refractivity contribution in [2.75, 3.05) is 0 Å². The molecule has 11 aromatic rings. The Morgan fingerprint density at radius 3 is 1.78 bits per heavy atom. The molecule has 0 amide bonds. The first kappa shape index (κ1) is 45.3. The standard InChI is InChI=1S/C68H58N4O.Pt/c1-45-40-64(69-43-59(45)48-36-34-47(35-37-48)46-18-5-2-6-19-46)72-60-31-12-11-28-55(60)56-39-38-54(42-63(56)72)73-53-27-17-26-52(41-53)70-44-71(62-33-14-13-32-61(62)70)68-66(50-20-7-3-8-21-50)57-29-15-24-49-25-16-30-58(65(49)57)67(68)51-22-9-4-10-23-51;/h3-4,7-14,17,20-23,26-28,31-43,46,49H,2,5-6,15-16,18-19,24-25,29-30H2,1H3;. The van der Waals surface area contributed by atoms with Crippen LogP contribution in [0.5, 0.6) is 11.5 Å². The van der Waals surface area contributed by atoms with Gasteiger partial charge in [-0.1, -0.05) is 55.7 Å². The number of aromatic nitrogens is 4. The molecule has 74 heavy (non-hydrogen) atoms. The molecule has 8 aromatic carbocycles. The summed E-state index contributed by atoms with van der Waals surface area (Å²) in [5.74, 6) is 3.75. The van der Waals surface area contributed by atoms with Gasteiger partial charge >= 0.3 is 337 Å². The van der Waals surface area contributed by atoms with Crippen LogP contribution in [0.2, 0.25) is 0 Å². The van der Waals surface area contributed by atoms with E-state index in [1.165, 1.54) is 119 Å². The molecule has 3 aliphatic carbocycles. The monoisotopic (exact) mass is 1140 g/mol. The van der Waals surface area contributed by atoms with Gasteiger partial charge in [0.1, 0.15) is 0 Å². The first-order valence-corrected chi connectivity index (χ1v) is 28.1. The van der Waals surface area contributed by atoms with E-state index < -0.39 is 0 Å². The summed E-state index contributed by atoms with van der Waals surface area (Å²) >= 11 is 2.60. The molecule has 3 aliphatic rings. The number of pyridine rings is 1. The van der Waals surface area contributed by atoms with Crippen LogP contribution in [-0.4, -0.2) is 18.7 Å². The normalized spacial score (nSPS) is 15.0. The van der Waals surface area contributed by atoms with Crippen LogP contribution in [0.1, 0.15) is 97.4 Å². The van der Waals surface area contributed by atoms with Crippen molar-refractivity contribution in [1.29, 1.82) is 0 Å². The Balaban J connectivity index is 0.871. The van der Waals surface area contributed by atoms with Crippen molar-refractivity contribution < 1.29 is 24.1 Å². The number of imidazole rings is 1. The molecule has 1 fully saturated rings. The number of hydrogen-bond acceptors (Lipinski definition) is 2. The molecule has 3 heterocycles. The molecule has 0 radical (unpaired) electrons. The molecule has 1 saturated carbocycles. The second kappa shape index (κ2) is 18.9. The number of para-hydroxylation sites is 3. The minimum atomic E-state index is 0.616. The fourth-order valence-corrected chi connectivity index (χ4v) is 14.5. The van der Waals surface area contributed by atoms with Crippen LogP contribution in [0.3, 0.4) is 0 Å². The molecule has 0 saturated heterocycles. The zero-order valence-corrected chi connectivity index (χ0v) is 44.1. The van der Waals surface area contributed by atoms with Gasteiger partial charge < -0.3 is 0 Å². The van der Waals surface area contributed by atoms with Gasteiger partial charge in [0.25, 0.3) is 0 Å². The third-order valence-electron chi connectivity index (χ3n) is 16.7. The Morgan fingerprint density at radius 2 is 1.09 bits per heavy atom. The zero-order valence-electron chi connectivity index (χ0n) is 41.8. The Bertz CT molecular complexity index is 3930. The SMILES string of the molecule is Cc1cc(-n2c3ccccc3c3ccc(Oc4cccc(-n5[c](=[Pt])n(-c6c(-c7ccccc7)c7c8c(c6-c6ccccc6)CCCC8CCC7)c6ccccc65)c4)cc32)ncc1-c1ccc(C2CCCCC2)cc1. The number of ether oxygens (including phenoxy) is 1. The number of fused-ring (bicyclic) bond motifs is 4. The molecule has 0 unspecified atom stereocenters. The molecule has 5 nitrogen and oxygen atoms in total. The van der Waals surface area contributed by atoms with Crippen LogP contribution < -0.4 is 4.74 Å². The predicted molar refractivity (Wildman–Crippen MR) is 300 cm³/mol.